The maximum absolute atomic E-state index is 14.3. The Bertz CT molecular complexity index is 4430. The number of fused-ring (bicyclic) bond motifs is 18. The Morgan fingerprint density at radius 2 is 0.750 bits per heavy atom. The highest BCUT2D eigenvalue weighted by atomic mass is 16.5. The molecule has 5 nitrogen and oxygen atoms in total. The fourth-order valence-corrected chi connectivity index (χ4v) is 14.8. The molecule has 3 atom stereocenters. The molecule has 0 N–H and O–H groups in total. The van der Waals surface area contributed by atoms with Crippen LogP contribution in [0.25, 0.3) is 98.8 Å². The topological polar surface area (TPSA) is 65.0 Å². The zero-order valence-electron chi connectivity index (χ0n) is 42.9. The van der Waals surface area contributed by atoms with E-state index in [0.717, 1.165) is 81.0 Å². The van der Waals surface area contributed by atoms with Crippen LogP contribution < -0.4 is 0 Å². The SMILES string of the molecule is CCCCC1(CC2(CC3(CCC(=O)OCC)c4cc5ccccc5nc4-c4c3ccc3ccccc43)c3cc4ccccc4nc3-c3c2ccc2ccccc32)c2cc3ccccc3nc2-c2c1ccc1ccccc21. The lowest BCUT2D eigenvalue weighted by Crippen LogP contribution is -2.43. The molecular formula is C71H55N3O2. The number of esters is 1. The number of nitrogens with zero attached hydrogens (tertiary/aromatic N) is 3. The van der Waals surface area contributed by atoms with Gasteiger partial charge in [-0.2, -0.15) is 0 Å². The molecule has 3 aliphatic rings. The molecule has 15 rings (SSSR count). The van der Waals surface area contributed by atoms with Crippen molar-refractivity contribution in [1.82, 2.24) is 15.0 Å². The predicted molar refractivity (Wildman–Crippen MR) is 311 cm³/mol. The van der Waals surface area contributed by atoms with Crippen molar-refractivity contribution in [1.29, 1.82) is 0 Å². The second-order valence-corrected chi connectivity index (χ2v) is 21.9. The molecule has 0 aliphatic heterocycles. The second kappa shape index (κ2) is 17.0. The van der Waals surface area contributed by atoms with Crippen molar-refractivity contribution in [3.8, 4) is 33.8 Å². The summed E-state index contributed by atoms with van der Waals surface area (Å²) in [5.41, 5.74) is 15.2. The molecule has 76 heavy (non-hydrogen) atoms. The van der Waals surface area contributed by atoms with E-state index < -0.39 is 16.2 Å². The molecule has 3 aromatic heterocycles. The number of hydrogen-bond donors (Lipinski definition) is 0. The Kier molecular flexibility index (Phi) is 10.0. The van der Waals surface area contributed by atoms with Gasteiger partial charge in [-0.25, -0.2) is 15.0 Å². The van der Waals surface area contributed by atoms with E-state index in [1.54, 1.807) is 0 Å². The minimum absolute atomic E-state index is 0.186. The van der Waals surface area contributed by atoms with Gasteiger partial charge in [-0.1, -0.05) is 184 Å². The minimum Gasteiger partial charge on any atom is -0.466 e. The smallest absolute Gasteiger partial charge is 0.305 e. The minimum atomic E-state index is -0.740. The number of benzene rings is 9. The molecule has 9 aromatic carbocycles. The number of unbranched alkanes of at least 4 members (excludes halogenated alkanes) is 1. The summed E-state index contributed by atoms with van der Waals surface area (Å²) in [5.74, 6) is -0.186. The van der Waals surface area contributed by atoms with Gasteiger partial charge in [0.25, 0.3) is 0 Å². The highest BCUT2D eigenvalue weighted by Gasteiger charge is 2.59. The summed E-state index contributed by atoms with van der Waals surface area (Å²) in [6.45, 7) is 4.57. The summed E-state index contributed by atoms with van der Waals surface area (Å²) in [6.07, 6.45) is 5.11. The zero-order valence-corrected chi connectivity index (χ0v) is 42.9. The van der Waals surface area contributed by atoms with Crippen molar-refractivity contribution in [3.05, 3.63) is 234 Å². The Balaban J connectivity index is 1.11. The third-order valence-corrected chi connectivity index (χ3v) is 18.0. The number of para-hydroxylation sites is 3. The van der Waals surface area contributed by atoms with E-state index in [9.17, 15) is 4.79 Å². The first-order valence-electron chi connectivity index (χ1n) is 27.4. The van der Waals surface area contributed by atoms with Crippen LogP contribution in [0.5, 0.6) is 0 Å². The van der Waals surface area contributed by atoms with Crippen LogP contribution in [0.15, 0.2) is 200 Å². The molecule has 366 valence electrons. The lowest BCUT2D eigenvalue weighted by Gasteiger charge is -2.47. The van der Waals surface area contributed by atoms with Crippen LogP contribution in [0.4, 0.5) is 0 Å². The molecule has 12 aromatic rings. The zero-order chi connectivity index (χ0) is 50.8. The van der Waals surface area contributed by atoms with Crippen molar-refractivity contribution < 1.29 is 9.53 Å². The summed E-state index contributed by atoms with van der Waals surface area (Å²) in [7, 11) is 0. The number of rotatable bonds is 11. The lowest BCUT2D eigenvalue weighted by molar-refractivity contribution is -0.143. The Labute approximate surface area is 442 Å². The van der Waals surface area contributed by atoms with Crippen LogP contribution in [-0.2, 0) is 25.8 Å². The van der Waals surface area contributed by atoms with Crippen molar-refractivity contribution in [3.63, 3.8) is 0 Å². The van der Waals surface area contributed by atoms with Crippen LogP contribution in [-0.4, -0.2) is 27.5 Å². The average Bonchev–Trinajstić information content (AvgIpc) is 4.11. The van der Waals surface area contributed by atoms with Gasteiger partial charge in [0.1, 0.15) is 0 Å². The fourth-order valence-electron chi connectivity index (χ4n) is 14.8. The van der Waals surface area contributed by atoms with E-state index in [1.807, 2.05) is 6.92 Å². The molecule has 3 unspecified atom stereocenters. The Morgan fingerprint density at radius 3 is 1.16 bits per heavy atom. The molecular weight excluding hydrogens is 927 g/mol. The molecule has 0 saturated heterocycles. The first kappa shape index (κ1) is 44.9. The van der Waals surface area contributed by atoms with Crippen LogP contribution in [0, 0.1) is 0 Å². The third kappa shape index (κ3) is 6.38. The van der Waals surface area contributed by atoms with Crippen LogP contribution in [0.1, 0.15) is 92.2 Å². The second-order valence-electron chi connectivity index (χ2n) is 21.9. The lowest BCUT2D eigenvalue weighted by atomic mass is 9.54. The highest BCUT2D eigenvalue weighted by molar-refractivity contribution is 6.07. The monoisotopic (exact) mass is 981 g/mol. The van der Waals surface area contributed by atoms with Gasteiger partial charge in [0.2, 0.25) is 0 Å². The molecule has 3 aliphatic carbocycles. The molecule has 0 fully saturated rings. The number of aromatic nitrogens is 3. The van der Waals surface area contributed by atoms with E-state index >= 15 is 0 Å². The number of hydrogen-bond acceptors (Lipinski definition) is 5. The number of carbonyl (C=O) groups is 1. The summed E-state index contributed by atoms with van der Waals surface area (Å²) in [4.78, 5) is 31.6. The normalized spacial score (nSPS) is 18.8. The average molecular weight is 982 g/mol. The molecule has 0 radical (unpaired) electrons. The van der Waals surface area contributed by atoms with E-state index in [4.69, 9.17) is 19.7 Å². The summed E-state index contributed by atoms with van der Waals surface area (Å²) >= 11 is 0. The quantitative estimate of drug-likeness (QED) is 0.121. The number of pyridine rings is 3. The molecule has 0 amide bonds. The van der Waals surface area contributed by atoms with Gasteiger partial charge in [-0.05, 0) is 135 Å². The standard InChI is InChI=1S/C71H55N3O2/c1-3-5-37-69(53-33-30-44-18-6-12-24-50(44)63(53)66-56(69)39-47-21-9-15-27-59(47)72-66)42-71(55-35-32-46-20-8-14-26-52(46)65(55)68-58(71)41-49-23-11-17-29-61(49)74-68)43-70(38-36-62(75)76-4-2)54-34-31-45-19-7-13-25-51(45)64(54)67-57(70)40-48-22-10-16-28-60(48)73-67/h6-35,39-41H,3-5,36-38,42-43H2,1-2H3. The first-order valence-corrected chi connectivity index (χ1v) is 27.4. The summed E-state index contributed by atoms with van der Waals surface area (Å²) < 4.78 is 5.91. The molecule has 0 bridgehead atoms. The highest BCUT2D eigenvalue weighted by Crippen LogP contribution is 2.68. The Hall–Kier alpha value is -8.54. The van der Waals surface area contributed by atoms with Gasteiger partial charge < -0.3 is 4.74 Å². The van der Waals surface area contributed by atoms with Gasteiger partial charge >= 0.3 is 5.97 Å². The van der Waals surface area contributed by atoms with Crippen LogP contribution >= 0.6 is 0 Å². The molecule has 0 spiro atoms. The Morgan fingerprint density at radius 1 is 0.395 bits per heavy atom. The van der Waals surface area contributed by atoms with E-state index in [1.165, 1.54) is 76.8 Å². The summed E-state index contributed by atoms with van der Waals surface area (Å²) in [6, 6.07) is 74.2. The van der Waals surface area contributed by atoms with Crippen molar-refractivity contribution in [2.45, 2.75) is 75.0 Å². The van der Waals surface area contributed by atoms with E-state index in [-0.39, 0.29) is 12.4 Å². The van der Waals surface area contributed by atoms with Crippen molar-refractivity contribution in [2.24, 2.45) is 0 Å². The molecule has 3 heterocycles. The van der Waals surface area contributed by atoms with Gasteiger partial charge in [0, 0.05) is 55.5 Å². The van der Waals surface area contributed by atoms with E-state index in [2.05, 4.69) is 207 Å². The van der Waals surface area contributed by atoms with Crippen molar-refractivity contribution in [2.75, 3.05) is 6.61 Å². The van der Waals surface area contributed by atoms with Gasteiger partial charge in [0.05, 0.1) is 40.2 Å². The first-order chi connectivity index (χ1) is 37.4. The molecule has 0 saturated carbocycles. The molecule has 5 heteroatoms. The fraction of sp³-hybridized carbons (Fsp3) is 0.183. The number of carbonyl (C=O) groups excluding carboxylic acids is 1. The van der Waals surface area contributed by atoms with Gasteiger partial charge in [0.15, 0.2) is 0 Å². The van der Waals surface area contributed by atoms with Gasteiger partial charge in [-0.3, -0.25) is 4.79 Å². The number of ether oxygens (including phenoxy) is 1. The third-order valence-electron chi connectivity index (χ3n) is 18.0. The van der Waals surface area contributed by atoms with Crippen LogP contribution in [0.2, 0.25) is 0 Å². The summed E-state index contributed by atoms with van der Waals surface area (Å²) in [5, 5.41) is 10.5. The van der Waals surface area contributed by atoms with Crippen LogP contribution in [0.3, 0.4) is 0 Å². The predicted octanol–water partition coefficient (Wildman–Crippen LogP) is 17.3. The maximum Gasteiger partial charge on any atom is 0.305 e. The van der Waals surface area contributed by atoms with Gasteiger partial charge in [-0.15, -0.1) is 0 Å². The van der Waals surface area contributed by atoms with Crippen molar-refractivity contribution >= 4 is 71.0 Å². The van der Waals surface area contributed by atoms with E-state index in [0.29, 0.717) is 19.4 Å². The largest absolute Gasteiger partial charge is 0.466 e. The maximum atomic E-state index is 14.3.